The number of non-ortho nitro benzene ring substituents is 1. The van der Waals surface area contributed by atoms with Crippen molar-refractivity contribution in [2.24, 2.45) is 0 Å². The number of nitro groups is 1. The maximum absolute atomic E-state index is 12.9. The Kier molecular flexibility index (Phi) is 7.01. The average molecular weight is 428 g/mol. The molecule has 0 radical (unpaired) electrons. The highest BCUT2D eigenvalue weighted by molar-refractivity contribution is 6.33. The zero-order chi connectivity index (χ0) is 21.6. The van der Waals surface area contributed by atoms with Gasteiger partial charge in [0.2, 0.25) is 0 Å². The minimum Gasteiger partial charge on any atom is -0.494 e. The SMILES string of the molecule is N#Cc1ccc(OCCCNC(=O)c2cc([N+](=O)[O-])ccc2Cl)cc1C(F)(F)F. The lowest BCUT2D eigenvalue weighted by Gasteiger charge is -2.12. The topological polar surface area (TPSA) is 105 Å². The van der Waals surface area contributed by atoms with Crippen LogP contribution >= 0.6 is 11.6 Å². The molecule has 29 heavy (non-hydrogen) atoms. The number of alkyl halides is 3. The second-order valence-corrected chi connectivity index (χ2v) is 6.10. The molecule has 0 aliphatic heterocycles. The molecule has 2 aromatic rings. The Balaban J connectivity index is 1.89. The normalized spacial score (nSPS) is 10.9. The van der Waals surface area contributed by atoms with Crippen LogP contribution in [0.1, 0.15) is 27.9 Å². The molecular formula is C18H13ClF3N3O4. The van der Waals surface area contributed by atoms with Crippen LogP contribution in [0.2, 0.25) is 5.02 Å². The number of halogens is 4. The van der Waals surface area contributed by atoms with E-state index in [4.69, 9.17) is 21.6 Å². The first-order valence-electron chi connectivity index (χ1n) is 8.09. The van der Waals surface area contributed by atoms with Crippen LogP contribution in [0.25, 0.3) is 0 Å². The third-order valence-electron chi connectivity index (χ3n) is 3.70. The molecule has 0 spiro atoms. The van der Waals surface area contributed by atoms with Crippen LogP contribution in [0.3, 0.4) is 0 Å². The number of carbonyl (C=O) groups excluding carboxylic acids is 1. The lowest BCUT2D eigenvalue weighted by molar-refractivity contribution is -0.384. The zero-order valence-corrected chi connectivity index (χ0v) is 15.4. The van der Waals surface area contributed by atoms with Gasteiger partial charge in [0.05, 0.1) is 39.3 Å². The quantitative estimate of drug-likeness (QED) is 0.402. The number of nitriles is 1. The Hall–Kier alpha value is -3.32. The van der Waals surface area contributed by atoms with Gasteiger partial charge in [0.15, 0.2) is 0 Å². The molecule has 152 valence electrons. The Morgan fingerprint density at radius 3 is 2.62 bits per heavy atom. The molecule has 0 aliphatic carbocycles. The summed E-state index contributed by atoms with van der Waals surface area (Å²) < 4.78 is 44.0. The van der Waals surface area contributed by atoms with E-state index in [0.717, 1.165) is 18.2 Å². The predicted octanol–water partition coefficient (Wildman–Crippen LogP) is 4.34. The highest BCUT2D eigenvalue weighted by Crippen LogP contribution is 2.34. The molecule has 0 unspecified atom stereocenters. The van der Waals surface area contributed by atoms with Gasteiger partial charge in [-0.15, -0.1) is 0 Å². The van der Waals surface area contributed by atoms with Gasteiger partial charge in [0, 0.05) is 18.7 Å². The van der Waals surface area contributed by atoms with Gasteiger partial charge in [-0.25, -0.2) is 0 Å². The van der Waals surface area contributed by atoms with E-state index in [9.17, 15) is 28.1 Å². The minimum absolute atomic E-state index is 0.00779. The molecule has 0 aliphatic rings. The highest BCUT2D eigenvalue weighted by Gasteiger charge is 2.34. The van der Waals surface area contributed by atoms with Gasteiger partial charge in [-0.1, -0.05) is 11.6 Å². The number of nitro benzene ring substituents is 1. The van der Waals surface area contributed by atoms with Crippen LogP contribution in [-0.4, -0.2) is 24.0 Å². The second-order valence-electron chi connectivity index (χ2n) is 5.70. The van der Waals surface area contributed by atoms with Crippen molar-refractivity contribution >= 4 is 23.2 Å². The lowest BCUT2D eigenvalue weighted by atomic mass is 10.1. The van der Waals surface area contributed by atoms with Gasteiger partial charge in [0.1, 0.15) is 5.75 Å². The van der Waals surface area contributed by atoms with Gasteiger partial charge in [0.25, 0.3) is 11.6 Å². The van der Waals surface area contributed by atoms with E-state index in [1.54, 1.807) is 0 Å². The van der Waals surface area contributed by atoms with Gasteiger partial charge in [-0.2, -0.15) is 18.4 Å². The summed E-state index contributed by atoms with van der Waals surface area (Å²) >= 11 is 5.87. The van der Waals surface area contributed by atoms with Crippen molar-refractivity contribution < 1.29 is 27.6 Å². The average Bonchev–Trinajstić information content (AvgIpc) is 2.66. The first kappa shape index (κ1) is 22.0. The highest BCUT2D eigenvalue weighted by atomic mass is 35.5. The van der Waals surface area contributed by atoms with Gasteiger partial charge in [-0.05, 0) is 30.7 Å². The smallest absolute Gasteiger partial charge is 0.417 e. The van der Waals surface area contributed by atoms with Gasteiger partial charge in [-0.3, -0.25) is 14.9 Å². The monoisotopic (exact) mass is 427 g/mol. The minimum atomic E-state index is -4.68. The second kappa shape index (κ2) is 9.25. The standard InChI is InChI=1S/C18H13ClF3N3O4/c19-16-5-3-12(25(27)28)8-14(16)17(26)24-6-1-7-29-13-4-2-11(10-23)15(9-13)18(20,21)22/h2-5,8-9H,1,6-7H2,(H,24,26). The summed E-state index contributed by atoms with van der Waals surface area (Å²) in [5, 5.41) is 22.1. The molecule has 0 heterocycles. The molecule has 1 amide bonds. The van der Waals surface area contributed by atoms with E-state index in [1.807, 2.05) is 0 Å². The number of nitrogens with zero attached hydrogens (tertiary/aromatic N) is 2. The Morgan fingerprint density at radius 1 is 1.28 bits per heavy atom. The Labute approximate surface area is 167 Å². The summed E-state index contributed by atoms with van der Waals surface area (Å²) in [6.45, 7) is 0.0897. The molecule has 7 nitrogen and oxygen atoms in total. The molecule has 0 atom stereocenters. The fourth-order valence-electron chi connectivity index (χ4n) is 2.31. The van der Waals surface area contributed by atoms with Crippen LogP contribution in [0.5, 0.6) is 5.75 Å². The molecule has 0 saturated carbocycles. The fraction of sp³-hybridized carbons (Fsp3) is 0.222. The number of amides is 1. The van der Waals surface area contributed by atoms with Crippen molar-refractivity contribution in [1.82, 2.24) is 5.32 Å². The summed E-state index contributed by atoms with van der Waals surface area (Å²) in [6, 6.07) is 7.92. The molecule has 1 N–H and O–H groups in total. The Bertz CT molecular complexity index is 974. The molecule has 0 aromatic heterocycles. The summed E-state index contributed by atoms with van der Waals surface area (Å²) in [7, 11) is 0. The summed E-state index contributed by atoms with van der Waals surface area (Å²) in [4.78, 5) is 22.2. The lowest BCUT2D eigenvalue weighted by Crippen LogP contribution is -2.26. The molecule has 0 bridgehead atoms. The fourth-order valence-corrected chi connectivity index (χ4v) is 2.51. The van der Waals surface area contributed by atoms with Crippen LogP contribution in [-0.2, 0) is 6.18 Å². The largest absolute Gasteiger partial charge is 0.494 e. The maximum Gasteiger partial charge on any atom is 0.417 e. The molecule has 2 aromatic carbocycles. The summed E-state index contributed by atoms with van der Waals surface area (Å²) in [5.74, 6) is -0.694. The van der Waals surface area contributed by atoms with Crippen molar-refractivity contribution in [2.45, 2.75) is 12.6 Å². The molecule has 0 saturated heterocycles. The van der Waals surface area contributed by atoms with Crippen molar-refractivity contribution in [3.8, 4) is 11.8 Å². The molecule has 2 rings (SSSR count). The van der Waals surface area contributed by atoms with Crippen molar-refractivity contribution in [1.29, 1.82) is 5.26 Å². The van der Waals surface area contributed by atoms with E-state index in [0.29, 0.717) is 0 Å². The van der Waals surface area contributed by atoms with E-state index in [1.165, 1.54) is 24.3 Å². The van der Waals surface area contributed by atoms with Crippen molar-refractivity contribution in [2.75, 3.05) is 13.2 Å². The maximum atomic E-state index is 12.9. The zero-order valence-electron chi connectivity index (χ0n) is 14.6. The third kappa shape index (κ3) is 5.83. The first-order valence-corrected chi connectivity index (χ1v) is 8.47. The Morgan fingerprint density at radius 2 is 2.00 bits per heavy atom. The van der Waals surface area contributed by atoms with Crippen LogP contribution < -0.4 is 10.1 Å². The summed E-state index contributed by atoms with van der Waals surface area (Å²) in [5.41, 5.74) is -1.95. The van der Waals surface area contributed by atoms with Crippen molar-refractivity contribution in [3.63, 3.8) is 0 Å². The third-order valence-corrected chi connectivity index (χ3v) is 4.03. The van der Waals surface area contributed by atoms with E-state index in [-0.39, 0.29) is 41.6 Å². The van der Waals surface area contributed by atoms with Gasteiger partial charge >= 0.3 is 6.18 Å². The number of ether oxygens (including phenoxy) is 1. The number of hydrogen-bond acceptors (Lipinski definition) is 5. The molecule has 0 fully saturated rings. The van der Waals surface area contributed by atoms with Crippen molar-refractivity contribution in [3.05, 3.63) is 68.2 Å². The molecular weight excluding hydrogens is 415 g/mol. The van der Waals surface area contributed by atoms with Gasteiger partial charge < -0.3 is 10.1 Å². The van der Waals surface area contributed by atoms with E-state index in [2.05, 4.69) is 5.32 Å². The van der Waals surface area contributed by atoms with E-state index >= 15 is 0 Å². The number of benzene rings is 2. The summed E-state index contributed by atoms with van der Waals surface area (Å²) in [6.07, 6.45) is -4.43. The first-order chi connectivity index (χ1) is 13.6. The number of rotatable bonds is 7. The number of carbonyl (C=O) groups is 1. The van der Waals surface area contributed by atoms with Crippen LogP contribution in [0.4, 0.5) is 18.9 Å². The van der Waals surface area contributed by atoms with Crippen LogP contribution in [0.15, 0.2) is 36.4 Å². The van der Waals surface area contributed by atoms with Crippen LogP contribution in [0, 0.1) is 21.4 Å². The number of nitrogens with one attached hydrogen (secondary N) is 1. The predicted molar refractivity (Wildman–Crippen MR) is 96.7 cm³/mol. The van der Waals surface area contributed by atoms with E-state index < -0.39 is 28.1 Å². The number of hydrogen-bond donors (Lipinski definition) is 1. The molecule has 11 heteroatoms.